The van der Waals surface area contributed by atoms with Gasteiger partial charge in [0, 0.05) is 17.7 Å². The van der Waals surface area contributed by atoms with Gasteiger partial charge in [-0.2, -0.15) is 5.10 Å². The number of aryl methyl sites for hydroxylation is 2. The van der Waals surface area contributed by atoms with Crippen LogP contribution < -0.4 is 4.74 Å². The molecule has 168 valence electrons. The van der Waals surface area contributed by atoms with E-state index in [0.717, 1.165) is 18.5 Å². The van der Waals surface area contributed by atoms with Crippen molar-refractivity contribution in [1.29, 1.82) is 0 Å². The van der Waals surface area contributed by atoms with Crippen LogP contribution in [0.4, 0.5) is 4.39 Å². The molecule has 0 spiro atoms. The summed E-state index contributed by atoms with van der Waals surface area (Å²) < 4.78 is 21.7. The van der Waals surface area contributed by atoms with E-state index < -0.39 is 5.97 Å². The van der Waals surface area contributed by atoms with Gasteiger partial charge in [-0.05, 0) is 54.8 Å². The number of carbonyl (C=O) groups is 1. The standard InChI is InChI=1S/C27H25FN2O3/c1-2-15-33-26-12-11-21(27(31)32)17-23(26)24-18-25(20-9-6-10-22(28)16-20)30(29-24)14-13-19-7-4-3-5-8-19/h3-12,16-18H,2,13-15H2,1H3,(H,31,32). The van der Waals surface area contributed by atoms with Crippen LogP contribution in [0.3, 0.4) is 0 Å². The molecule has 0 fully saturated rings. The Kier molecular flexibility index (Phi) is 6.83. The third kappa shape index (κ3) is 5.29. The lowest BCUT2D eigenvalue weighted by Crippen LogP contribution is -2.06. The average Bonchev–Trinajstić information content (AvgIpc) is 3.26. The summed E-state index contributed by atoms with van der Waals surface area (Å²) in [5.74, 6) is -0.780. The van der Waals surface area contributed by atoms with Gasteiger partial charge in [-0.1, -0.05) is 49.4 Å². The smallest absolute Gasteiger partial charge is 0.335 e. The maximum atomic E-state index is 14.0. The molecule has 1 aromatic heterocycles. The van der Waals surface area contributed by atoms with E-state index in [1.54, 1.807) is 18.2 Å². The first-order valence-electron chi connectivity index (χ1n) is 10.9. The molecule has 0 saturated heterocycles. The molecule has 3 aromatic carbocycles. The Balaban J connectivity index is 1.79. The van der Waals surface area contributed by atoms with Crippen LogP contribution in [-0.2, 0) is 13.0 Å². The lowest BCUT2D eigenvalue weighted by Gasteiger charge is -2.10. The molecule has 0 radical (unpaired) electrons. The van der Waals surface area contributed by atoms with Gasteiger partial charge < -0.3 is 9.84 Å². The number of carboxylic acids is 1. The van der Waals surface area contributed by atoms with E-state index in [1.165, 1.54) is 23.8 Å². The summed E-state index contributed by atoms with van der Waals surface area (Å²) in [7, 11) is 0. The van der Waals surface area contributed by atoms with Crippen molar-refractivity contribution in [1.82, 2.24) is 9.78 Å². The highest BCUT2D eigenvalue weighted by atomic mass is 19.1. The Bertz CT molecular complexity index is 1250. The van der Waals surface area contributed by atoms with Crippen LogP contribution in [0.5, 0.6) is 5.75 Å². The van der Waals surface area contributed by atoms with Crippen LogP contribution in [0.25, 0.3) is 22.5 Å². The molecule has 4 aromatic rings. The summed E-state index contributed by atoms with van der Waals surface area (Å²) in [6.45, 7) is 3.09. The van der Waals surface area contributed by atoms with Gasteiger partial charge in [0.25, 0.3) is 0 Å². The molecule has 1 N–H and O–H groups in total. The highest BCUT2D eigenvalue weighted by Crippen LogP contribution is 2.34. The van der Waals surface area contributed by atoms with Crippen LogP contribution >= 0.6 is 0 Å². The molecule has 5 nitrogen and oxygen atoms in total. The molecular formula is C27H25FN2O3. The fraction of sp³-hybridized carbons (Fsp3) is 0.185. The highest BCUT2D eigenvalue weighted by molar-refractivity contribution is 5.90. The maximum Gasteiger partial charge on any atom is 0.335 e. The molecule has 0 amide bonds. The van der Waals surface area contributed by atoms with Crippen molar-refractivity contribution < 1.29 is 19.0 Å². The van der Waals surface area contributed by atoms with Crippen molar-refractivity contribution in [2.75, 3.05) is 6.61 Å². The molecule has 0 bridgehead atoms. The number of rotatable bonds is 9. The fourth-order valence-corrected chi connectivity index (χ4v) is 3.68. The van der Waals surface area contributed by atoms with Gasteiger partial charge in [0.1, 0.15) is 11.6 Å². The Morgan fingerprint density at radius 1 is 1.03 bits per heavy atom. The predicted molar refractivity (Wildman–Crippen MR) is 126 cm³/mol. The van der Waals surface area contributed by atoms with Gasteiger partial charge in [-0.25, -0.2) is 9.18 Å². The zero-order chi connectivity index (χ0) is 23.2. The second-order valence-corrected chi connectivity index (χ2v) is 7.75. The van der Waals surface area contributed by atoms with Crippen LogP contribution in [-0.4, -0.2) is 27.5 Å². The number of ether oxygens (including phenoxy) is 1. The first-order valence-corrected chi connectivity index (χ1v) is 10.9. The quantitative estimate of drug-likeness (QED) is 0.339. The van der Waals surface area contributed by atoms with Crippen LogP contribution in [0.2, 0.25) is 0 Å². The second-order valence-electron chi connectivity index (χ2n) is 7.75. The van der Waals surface area contributed by atoms with Gasteiger partial charge in [-0.15, -0.1) is 0 Å². The summed E-state index contributed by atoms with van der Waals surface area (Å²) in [6.07, 6.45) is 1.57. The molecule has 6 heteroatoms. The molecule has 0 atom stereocenters. The number of aromatic nitrogens is 2. The zero-order valence-electron chi connectivity index (χ0n) is 18.4. The first kappa shape index (κ1) is 22.3. The molecule has 0 aliphatic heterocycles. The minimum absolute atomic E-state index is 0.153. The third-order valence-corrected chi connectivity index (χ3v) is 5.32. The monoisotopic (exact) mass is 444 g/mol. The van der Waals surface area contributed by atoms with Crippen LogP contribution in [0.1, 0.15) is 29.3 Å². The maximum absolute atomic E-state index is 14.0. The normalized spacial score (nSPS) is 10.8. The molecular weight excluding hydrogens is 419 g/mol. The van der Waals surface area contributed by atoms with E-state index in [4.69, 9.17) is 9.84 Å². The topological polar surface area (TPSA) is 64.3 Å². The summed E-state index contributed by atoms with van der Waals surface area (Å²) in [5, 5.41) is 14.3. The van der Waals surface area contributed by atoms with Crippen molar-refractivity contribution >= 4 is 5.97 Å². The Morgan fingerprint density at radius 3 is 2.58 bits per heavy atom. The predicted octanol–water partition coefficient (Wildman–Crippen LogP) is 6.09. The number of aromatic carboxylic acids is 1. The van der Waals surface area contributed by atoms with Crippen LogP contribution in [0.15, 0.2) is 78.9 Å². The number of halogens is 1. The largest absolute Gasteiger partial charge is 0.493 e. The molecule has 33 heavy (non-hydrogen) atoms. The van der Waals surface area contributed by atoms with Gasteiger partial charge in [0.15, 0.2) is 0 Å². The summed E-state index contributed by atoms with van der Waals surface area (Å²) >= 11 is 0. The summed E-state index contributed by atoms with van der Waals surface area (Å²) in [4.78, 5) is 11.6. The number of hydrogen-bond acceptors (Lipinski definition) is 3. The molecule has 0 aliphatic carbocycles. The minimum Gasteiger partial charge on any atom is -0.493 e. The highest BCUT2D eigenvalue weighted by Gasteiger charge is 2.17. The van der Waals surface area contributed by atoms with E-state index >= 15 is 0 Å². The van der Waals surface area contributed by atoms with E-state index in [2.05, 4.69) is 12.1 Å². The Morgan fingerprint density at radius 2 is 1.85 bits per heavy atom. The minimum atomic E-state index is -1.02. The lowest BCUT2D eigenvalue weighted by atomic mass is 10.0. The van der Waals surface area contributed by atoms with E-state index in [-0.39, 0.29) is 11.4 Å². The van der Waals surface area contributed by atoms with Gasteiger partial charge in [0.05, 0.1) is 23.6 Å². The fourth-order valence-electron chi connectivity index (χ4n) is 3.68. The van der Waals surface area contributed by atoms with Crippen molar-refractivity contribution in [3.63, 3.8) is 0 Å². The van der Waals surface area contributed by atoms with Gasteiger partial charge in [0.2, 0.25) is 0 Å². The van der Waals surface area contributed by atoms with Gasteiger partial charge in [-0.3, -0.25) is 4.68 Å². The second kappa shape index (κ2) is 10.1. The molecule has 0 aliphatic rings. The number of hydrogen-bond donors (Lipinski definition) is 1. The van der Waals surface area contributed by atoms with Crippen molar-refractivity contribution in [3.05, 3.63) is 95.8 Å². The number of nitrogens with zero attached hydrogens (tertiary/aromatic N) is 2. The van der Waals surface area contributed by atoms with Crippen molar-refractivity contribution in [2.45, 2.75) is 26.3 Å². The number of carboxylic acid groups (broad SMARTS) is 1. The molecule has 0 unspecified atom stereocenters. The van der Waals surface area contributed by atoms with Crippen molar-refractivity contribution in [2.24, 2.45) is 0 Å². The first-order chi connectivity index (χ1) is 16.0. The molecule has 4 rings (SSSR count). The SMILES string of the molecule is CCCOc1ccc(C(=O)O)cc1-c1cc(-c2cccc(F)c2)n(CCc2ccccc2)n1. The van der Waals surface area contributed by atoms with Gasteiger partial charge >= 0.3 is 5.97 Å². The summed E-state index contributed by atoms with van der Waals surface area (Å²) in [5.41, 5.74) is 3.95. The lowest BCUT2D eigenvalue weighted by molar-refractivity contribution is 0.0697. The third-order valence-electron chi connectivity index (χ3n) is 5.32. The van der Waals surface area contributed by atoms with Crippen LogP contribution in [0, 0.1) is 5.82 Å². The Hall–Kier alpha value is -3.93. The Labute approximate surface area is 192 Å². The summed E-state index contributed by atoms with van der Waals surface area (Å²) in [6, 6.07) is 23.1. The van der Waals surface area contributed by atoms with E-state index in [0.29, 0.717) is 35.7 Å². The van der Waals surface area contributed by atoms with Crippen molar-refractivity contribution in [3.8, 4) is 28.3 Å². The average molecular weight is 445 g/mol. The van der Waals surface area contributed by atoms with E-state index in [9.17, 15) is 14.3 Å². The number of benzene rings is 3. The molecule has 0 saturated carbocycles. The molecule has 1 heterocycles. The van der Waals surface area contributed by atoms with E-state index in [1.807, 2.05) is 41.9 Å². The zero-order valence-corrected chi connectivity index (χ0v) is 18.4.